The molecule has 166 valence electrons. The van der Waals surface area contributed by atoms with Gasteiger partial charge in [-0.1, -0.05) is 46.9 Å². The van der Waals surface area contributed by atoms with Crippen LogP contribution in [0.2, 0.25) is 10.0 Å². The van der Waals surface area contributed by atoms with Crippen molar-refractivity contribution in [1.82, 2.24) is 0 Å². The maximum atomic E-state index is 12.9. The summed E-state index contributed by atoms with van der Waals surface area (Å²) in [6.07, 6.45) is 0. The first-order valence-corrected chi connectivity index (χ1v) is 10.6. The van der Waals surface area contributed by atoms with E-state index in [1.54, 1.807) is 30.3 Å². The number of halogens is 3. The minimum atomic E-state index is -0.744. The Balaban J connectivity index is 1.51. The summed E-state index contributed by atoms with van der Waals surface area (Å²) in [5.74, 6) is -1.93. The third kappa shape index (κ3) is 4.52. The third-order valence-corrected chi connectivity index (χ3v) is 5.65. The Morgan fingerprint density at radius 3 is 2.27 bits per heavy atom. The number of hydrogen-bond acceptors (Lipinski definition) is 5. The number of para-hydroxylation sites is 2. The average molecular weight is 503 g/mol. The minimum Gasteiger partial charge on any atom is -0.506 e. The molecule has 0 saturated heterocycles. The van der Waals surface area contributed by atoms with Crippen LogP contribution in [0, 0.1) is 0 Å². The van der Waals surface area contributed by atoms with Crippen LogP contribution in [0.1, 0.15) is 10.4 Å². The molecule has 0 fully saturated rings. The van der Waals surface area contributed by atoms with Crippen molar-refractivity contribution in [2.24, 2.45) is 0 Å². The van der Waals surface area contributed by atoms with E-state index in [-0.39, 0.29) is 32.9 Å². The van der Waals surface area contributed by atoms with E-state index in [1.165, 1.54) is 36.4 Å². The molecule has 0 aromatic heterocycles. The van der Waals surface area contributed by atoms with Gasteiger partial charge in [0.15, 0.2) is 0 Å². The van der Waals surface area contributed by atoms with Gasteiger partial charge in [-0.15, -0.1) is 0 Å². The monoisotopic (exact) mass is 501 g/mol. The van der Waals surface area contributed by atoms with Crippen molar-refractivity contribution < 1.29 is 19.5 Å². The van der Waals surface area contributed by atoms with E-state index in [4.69, 9.17) is 34.8 Å². The van der Waals surface area contributed by atoms with Crippen LogP contribution in [0.3, 0.4) is 0 Å². The van der Waals surface area contributed by atoms with Crippen molar-refractivity contribution >= 4 is 69.6 Å². The molecular formula is C23H14Cl3N3O4. The summed E-state index contributed by atoms with van der Waals surface area (Å²) < 4.78 is 0. The maximum absolute atomic E-state index is 12.9. The van der Waals surface area contributed by atoms with Gasteiger partial charge in [0.2, 0.25) is 0 Å². The first-order valence-electron chi connectivity index (χ1n) is 9.46. The third-order valence-electron chi connectivity index (χ3n) is 4.75. The van der Waals surface area contributed by atoms with Gasteiger partial charge in [-0.2, -0.15) is 0 Å². The predicted octanol–water partition coefficient (Wildman–Crippen LogP) is 5.39. The maximum Gasteiger partial charge on any atom is 0.283 e. The Hall–Kier alpha value is -3.52. The second kappa shape index (κ2) is 9.15. The fourth-order valence-corrected chi connectivity index (χ4v) is 3.69. The molecule has 0 spiro atoms. The van der Waals surface area contributed by atoms with Crippen molar-refractivity contribution in [2.75, 3.05) is 15.5 Å². The summed E-state index contributed by atoms with van der Waals surface area (Å²) >= 11 is 18.3. The van der Waals surface area contributed by atoms with Crippen molar-refractivity contribution in [3.63, 3.8) is 0 Å². The van der Waals surface area contributed by atoms with Gasteiger partial charge in [0, 0.05) is 16.3 Å². The van der Waals surface area contributed by atoms with Gasteiger partial charge in [-0.25, -0.2) is 4.90 Å². The van der Waals surface area contributed by atoms with Gasteiger partial charge in [-0.3, -0.25) is 14.4 Å². The molecule has 3 amide bonds. The van der Waals surface area contributed by atoms with Gasteiger partial charge in [0.05, 0.1) is 16.4 Å². The molecule has 33 heavy (non-hydrogen) atoms. The molecule has 10 heteroatoms. The summed E-state index contributed by atoms with van der Waals surface area (Å²) in [4.78, 5) is 38.8. The number of hydrogen-bond donors (Lipinski definition) is 3. The van der Waals surface area contributed by atoms with Crippen LogP contribution in [0.25, 0.3) is 0 Å². The van der Waals surface area contributed by atoms with Crippen molar-refractivity contribution in [3.05, 3.63) is 93.1 Å². The molecule has 0 aliphatic carbocycles. The van der Waals surface area contributed by atoms with E-state index in [1.807, 2.05) is 0 Å². The first kappa shape index (κ1) is 22.7. The van der Waals surface area contributed by atoms with E-state index in [9.17, 15) is 19.5 Å². The summed E-state index contributed by atoms with van der Waals surface area (Å²) in [5, 5.41) is 15.4. The largest absolute Gasteiger partial charge is 0.506 e. The molecule has 1 aliphatic rings. The van der Waals surface area contributed by atoms with E-state index in [0.717, 1.165) is 4.90 Å². The Labute approximate surface area is 203 Å². The number of nitrogens with one attached hydrogen (secondary N) is 2. The number of aromatic hydroxyl groups is 1. The van der Waals surface area contributed by atoms with Crippen molar-refractivity contribution in [1.29, 1.82) is 0 Å². The lowest BCUT2D eigenvalue weighted by molar-refractivity contribution is -0.120. The number of phenols is 1. The van der Waals surface area contributed by atoms with Crippen LogP contribution < -0.4 is 15.5 Å². The highest BCUT2D eigenvalue weighted by Gasteiger charge is 2.40. The SMILES string of the molecule is O=C(Nc1ccccc1O)c1ccc(NC2=C(Cl)C(=O)N(c3cc(Cl)ccc3Cl)C2=O)cc1. The fraction of sp³-hybridized carbons (Fsp3) is 0. The summed E-state index contributed by atoms with van der Waals surface area (Å²) in [6, 6.07) is 16.9. The molecule has 0 bridgehead atoms. The second-order valence-electron chi connectivity index (χ2n) is 6.90. The van der Waals surface area contributed by atoms with Crippen LogP contribution in [-0.2, 0) is 9.59 Å². The molecule has 3 aromatic carbocycles. The summed E-state index contributed by atoms with van der Waals surface area (Å²) in [7, 11) is 0. The zero-order valence-electron chi connectivity index (χ0n) is 16.6. The number of benzene rings is 3. The molecule has 1 aliphatic heterocycles. The van der Waals surface area contributed by atoms with Crippen LogP contribution in [0.4, 0.5) is 17.1 Å². The van der Waals surface area contributed by atoms with Gasteiger partial charge < -0.3 is 15.7 Å². The Kier molecular flexibility index (Phi) is 6.29. The lowest BCUT2D eigenvalue weighted by atomic mass is 10.2. The highest BCUT2D eigenvalue weighted by molar-refractivity contribution is 6.54. The second-order valence-corrected chi connectivity index (χ2v) is 8.13. The van der Waals surface area contributed by atoms with Gasteiger partial charge in [0.1, 0.15) is 16.5 Å². The molecule has 3 N–H and O–H groups in total. The number of carbonyl (C=O) groups excluding carboxylic acids is 3. The minimum absolute atomic E-state index is 0.0560. The topological polar surface area (TPSA) is 98.7 Å². The van der Waals surface area contributed by atoms with Crippen LogP contribution in [0.5, 0.6) is 5.75 Å². The number of carbonyl (C=O) groups is 3. The molecular weight excluding hydrogens is 489 g/mol. The Morgan fingerprint density at radius 2 is 1.58 bits per heavy atom. The molecule has 7 nitrogen and oxygen atoms in total. The number of rotatable bonds is 5. The van der Waals surface area contributed by atoms with Crippen molar-refractivity contribution in [2.45, 2.75) is 0 Å². The van der Waals surface area contributed by atoms with Crippen molar-refractivity contribution in [3.8, 4) is 5.75 Å². The van der Waals surface area contributed by atoms with Gasteiger partial charge >= 0.3 is 0 Å². The van der Waals surface area contributed by atoms with E-state index < -0.39 is 17.7 Å². The van der Waals surface area contributed by atoms with E-state index >= 15 is 0 Å². The molecule has 0 atom stereocenters. The van der Waals surface area contributed by atoms with Gasteiger partial charge in [-0.05, 0) is 54.6 Å². The zero-order chi connectivity index (χ0) is 23.7. The lowest BCUT2D eigenvalue weighted by Gasteiger charge is -2.17. The predicted molar refractivity (Wildman–Crippen MR) is 128 cm³/mol. The first-order chi connectivity index (χ1) is 15.8. The van der Waals surface area contributed by atoms with Crippen LogP contribution in [-0.4, -0.2) is 22.8 Å². The molecule has 4 rings (SSSR count). The number of imide groups is 1. The van der Waals surface area contributed by atoms with E-state index in [2.05, 4.69) is 10.6 Å². The van der Waals surface area contributed by atoms with Crippen LogP contribution in [0.15, 0.2) is 77.5 Å². The zero-order valence-corrected chi connectivity index (χ0v) is 18.9. The Bertz CT molecular complexity index is 1320. The molecule has 0 radical (unpaired) electrons. The molecule has 0 unspecified atom stereocenters. The standard InChI is InChI=1S/C23H14Cl3N3O4/c24-13-7-10-15(25)17(11-13)29-22(32)19(26)20(23(29)33)27-14-8-5-12(6-9-14)21(31)28-16-3-1-2-4-18(16)30/h1-11,27,30H,(H,28,31). The number of nitrogens with zero attached hydrogens (tertiary/aromatic N) is 1. The highest BCUT2D eigenvalue weighted by atomic mass is 35.5. The number of phenolic OH excluding ortho intramolecular Hbond substituents is 1. The number of anilines is 3. The fourth-order valence-electron chi connectivity index (χ4n) is 3.11. The molecule has 1 heterocycles. The van der Waals surface area contributed by atoms with Gasteiger partial charge in [0.25, 0.3) is 17.7 Å². The summed E-state index contributed by atoms with van der Waals surface area (Å²) in [6.45, 7) is 0. The lowest BCUT2D eigenvalue weighted by Crippen LogP contribution is -2.32. The Morgan fingerprint density at radius 1 is 0.879 bits per heavy atom. The summed E-state index contributed by atoms with van der Waals surface area (Å²) in [5.41, 5.74) is 0.985. The molecule has 3 aromatic rings. The normalized spacial score (nSPS) is 13.5. The highest BCUT2D eigenvalue weighted by Crippen LogP contribution is 2.35. The molecule has 0 saturated carbocycles. The quantitative estimate of drug-likeness (QED) is 0.321. The smallest absolute Gasteiger partial charge is 0.283 e. The van der Waals surface area contributed by atoms with Crippen LogP contribution >= 0.6 is 34.8 Å². The average Bonchev–Trinajstić information content (AvgIpc) is 3.00. The number of amides is 3. The van der Waals surface area contributed by atoms with E-state index in [0.29, 0.717) is 16.3 Å².